The van der Waals surface area contributed by atoms with E-state index >= 15 is 0 Å². The minimum Gasteiger partial charge on any atom is -0.367 e. The van der Waals surface area contributed by atoms with Crippen molar-refractivity contribution in [2.45, 2.75) is 57.9 Å². The Kier molecular flexibility index (Phi) is 5.36. The van der Waals surface area contributed by atoms with E-state index < -0.39 is 11.7 Å². The molecule has 0 spiro atoms. The third-order valence-electron chi connectivity index (χ3n) is 5.19. The number of fused-ring (bicyclic) bond motifs is 1. The largest absolute Gasteiger partial charge is 0.367 e. The highest BCUT2D eigenvalue weighted by molar-refractivity contribution is 5.91. The molecule has 1 saturated carbocycles. The summed E-state index contributed by atoms with van der Waals surface area (Å²) in [7, 11) is 0. The van der Waals surface area contributed by atoms with Crippen LogP contribution in [0.25, 0.3) is 16.7 Å². The van der Waals surface area contributed by atoms with E-state index in [2.05, 4.69) is 25.6 Å². The molecule has 0 bridgehead atoms. The van der Waals surface area contributed by atoms with Crippen molar-refractivity contribution in [3.63, 3.8) is 0 Å². The fraction of sp³-hybridized carbons (Fsp3) is 0.429. The lowest BCUT2D eigenvalue weighted by Crippen LogP contribution is -2.24. The van der Waals surface area contributed by atoms with Crippen LogP contribution in [0.2, 0.25) is 0 Å². The molecular weight excluding hydrogens is 390 g/mol. The summed E-state index contributed by atoms with van der Waals surface area (Å²) in [4.78, 5) is 23.8. The van der Waals surface area contributed by atoms with Crippen LogP contribution in [0.15, 0.2) is 30.6 Å². The number of hydrogen-bond donors (Lipinski definition) is 2. The number of pyridine rings is 1. The molecule has 0 unspecified atom stereocenters. The van der Waals surface area contributed by atoms with Crippen LogP contribution in [-0.4, -0.2) is 31.5 Å². The van der Waals surface area contributed by atoms with Gasteiger partial charge in [-0.2, -0.15) is 8.78 Å². The molecule has 0 saturated heterocycles. The fourth-order valence-corrected chi connectivity index (χ4v) is 3.76. The van der Waals surface area contributed by atoms with Gasteiger partial charge in [0.1, 0.15) is 17.5 Å². The Morgan fingerprint density at radius 1 is 1.17 bits per heavy atom. The predicted octanol–water partition coefficient (Wildman–Crippen LogP) is 4.63. The molecule has 1 aliphatic carbocycles. The first-order chi connectivity index (χ1) is 14.3. The zero-order valence-corrected chi connectivity index (χ0v) is 17.0. The summed E-state index contributed by atoms with van der Waals surface area (Å²) in [6.07, 6.45) is 8.79. The SMILES string of the molecule is CC(=O)Nc1cc2c(ccn2-c2cc(NC3CCCCC3)nc(C(C)(F)F)n2)cn1. The second kappa shape index (κ2) is 7.97. The second-order valence-corrected chi connectivity index (χ2v) is 7.80. The maximum atomic E-state index is 14.1. The van der Waals surface area contributed by atoms with Crippen LogP contribution >= 0.6 is 0 Å². The van der Waals surface area contributed by atoms with E-state index in [1.807, 2.05) is 6.07 Å². The number of carbonyl (C=O) groups excluding carboxylic acids is 1. The van der Waals surface area contributed by atoms with Gasteiger partial charge in [0.15, 0.2) is 0 Å². The third kappa shape index (κ3) is 4.39. The van der Waals surface area contributed by atoms with Crippen LogP contribution in [0.4, 0.5) is 20.4 Å². The zero-order chi connectivity index (χ0) is 21.3. The summed E-state index contributed by atoms with van der Waals surface area (Å²) in [6.45, 7) is 2.19. The lowest BCUT2D eigenvalue weighted by Gasteiger charge is -2.24. The Labute approximate surface area is 172 Å². The average Bonchev–Trinajstić information content (AvgIpc) is 3.10. The Balaban J connectivity index is 1.77. The maximum Gasteiger partial charge on any atom is 0.303 e. The van der Waals surface area contributed by atoms with Gasteiger partial charge in [0.2, 0.25) is 11.7 Å². The van der Waals surface area contributed by atoms with Crippen molar-refractivity contribution in [2.24, 2.45) is 0 Å². The van der Waals surface area contributed by atoms with Crippen molar-refractivity contribution in [1.29, 1.82) is 0 Å². The van der Waals surface area contributed by atoms with Gasteiger partial charge in [-0.15, -0.1) is 0 Å². The molecule has 30 heavy (non-hydrogen) atoms. The molecule has 1 amide bonds. The van der Waals surface area contributed by atoms with E-state index in [0.29, 0.717) is 23.0 Å². The summed E-state index contributed by atoms with van der Waals surface area (Å²) in [5, 5.41) is 6.75. The average molecular weight is 414 g/mol. The number of anilines is 2. The predicted molar refractivity (Wildman–Crippen MR) is 111 cm³/mol. The quantitative estimate of drug-likeness (QED) is 0.636. The van der Waals surface area contributed by atoms with E-state index in [0.717, 1.165) is 38.0 Å². The number of rotatable bonds is 5. The molecule has 7 nitrogen and oxygen atoms in total. The summed E-state index contributed by atoms with van der Waals surface area (Å²) in [6, 6.07) is 5.41. The summed E-state index contributed by atoms with van der Waals surface area (Å²) < 4.78 is 30.0. The molecule has 1 fully saturated rings. The number of halogens is 2. The highest BCUT2D eigenvalue weighted by Crippen LogP contribution is 2.29. The first kappa shape index (κ1) is 20.2. The number of alkyl halides is 2. The first-order valence-corrected chi connectivity index (χ1v) is 10.1. The minimum absolute atomic E-state index is 0.219. The normalized spacial score (nSPS) is 15.3. The molecule has 3 aromatic rings. The minimum atomic E-state index is -3.18. The molecule has 3 heterocycles. The number of hydrogen-bond acceptors (Lipinski definition) is 5. The van der Waals surface area contributed by atoms with E-state index in [1.165, 1.54) is 13.3 Å². The fourth-order valence-electron chi connectivity index (χ4n) is 3.76. The molecule has 9 heteroatoms. The van der Waals surface area contributed by atoms with Crippen molar-refractivity contribution in [3.8, 4) is 5.82 Å². The number of nitrogens with one attached hydrogen (secondary N) is 2. The first-order valence-electron chi connectivity index (χ1n) is 10.1. The molecule has 0 radical (unpaired) electrons. The smallest absolute Gasteiger partial charge is 0.303 e. The van der Waals surface area contributed by atoms with Gasteiger partial charge in [-0.25, -0.2) is 15.0 Å². The van der Waals surface area contributed by atoms with Crippen LogP contribution in [-0.2, 0) is 10.7 Å². The number of nitrogens with zero attached hydrogens (tertiary/aromatic N) is 4. The molecule has 0 atom stereocenters. The van der Waals surface area contributed by atoms with Crippen LogP contribution in [0.5, 0.6) is 0 Å². The van der Waals surface area contributed by atoms with Gasteiger partial charge in [-0.05, 0) is 18.9 Å². The molecular formula is C21H24F2N6O. The Morgan fingerprint density at radius 3 is 2.63 bits per heavy atom. The van der Waals surface area contributed by atoms with Gasteiger partial charge in [0, 0.05) is 49.8 Å². The van der Waals surface area contributed by atoms with Crippen molar-refractivity contribution >= 4 is 28.4 Å². The molecule has 1 aliphatic rings. The van der Waals surface area contributed by atoms with Crippen molar-refractivity contribution < 1.29 is 13.6 Å². The lowest BCUT2D eigenvalue weighted by molar-refractivity contribution is -0.114. The summed E-state index contributed by atoms with van der Waals surface area (Å²) in [5.41, 5.74) is 0.696. The van der Waals surface area contributed by atoms with Crippen molar-refractivity contribution in [2.75, 3.05) is 10.6 Å². The van der Waals surface area contributed by atoms with Crippen LogP contribution in [0.3, 0.4) is 0 Å². The number of amides is 1. The van der Waals surface area contributed by atoms with Gasteiger partial charge >= 0.3 is 5.92 Å². The van der Waals surface area contributed by atoms with E-state index in [-0.39, 0.29) is 11.9 Å². The van der Waals surface area contributed by atoms with Crippen LogP contribution in [0.1, 0.15) is 51.8 Å². The number of carbonyl (C=O) groups is 1. The molecule has 0 aromatic carbocycles. The van der Waals surface area contributed by atoms with Gasteiger partial charge in [-0.1, -0.05) is 19.3 Å². The topological polar surface area (TPSA) is 84.7 Å². The van der Waals surface area contributed by atoms with Gasteiger partial charge in [-0.3, -0.25) is 4.79 Å². The Bertz CT molecular complexity index is 1070. The van der Waals surface area contributed by atoms with E-state index in [9.17, 15) is 13.6 Å². The highest BCUT2D eigenvalue weighted by Gasteiger charge is 2.30. The van der Waals surface area contributed by atoms with Gasteiger partial charge < -0.3 is 15.2 Å². The molecule has 4 rings (SSSR count). The monoisotopic (exact) mass is 414 g/mol. The third-order valence-corrected chi connectivity index (χ3v) is 5.19. The van der Waals surface area contributed by atoms with Crippen LogP contribution in [0, 0.1) is 0 Å². The van der Waals surface area contributed by atoms with E-state index in [1.54, 1.807) is 29.1 Å². The van der Waals surface area contributed by atoms with Crippen molar-refractivity contribution in [1.82, 2.24) is 19.5 Å². The van der Waals surface area contributed by atoms with Crippen LogP contribution < -0.4 is 10.6 Å². The molecule has 2 N–H and O–H groups in total. The summed E-state index contributed by atoms with van der Waals surface area (Å²) in [5.74, 6) is -2.85. The number of aromatic nitrogens is 4. The Morgan fingerprint density at radius 2 is 1.93 bits per heavy atom. The van der Waals surface area contributed by atoms with E-state index in [4.69, 9.17) is 0 Å². The Hall–Kier alpha value is -3.10. The summed E-state index contributed by atoms with van der Waals surface area (Å²) >= 11 is 0. The van der Waals surface area contributed by atoms with Gasteiger partial charge in [0.05, 0.1) is 5.52 Å². The molecule has 3 aromatic heterocycles. The van der Waals surface area contributed by atoms with Gasteiger partial charge in [0.25, 0.3) is 0 Å². The lowest BCUT2D eigenvalue weighted by atomic mass is 9.95. The maximum absolute atomic E-state index is 14.1. The molecule has 158 valence electrons. The second-order valence-electron chi connectivity index (χ2n) is 7.80. The highest BCUT2D eigenvalue weighted by atomic mass is 19.3. The molecule has 0 aliphatic heterocycles. The standard InChI is InChI=1S/C21H24F2N6O/c1-13(30)25-17-10-16-14(12-24-17)8-9-29(16)19-11-18(26-15-6-4-3-5-7-15)27-20(28-19)21(2,22)23/h8-12,15H,3-7H2,1-2H3,(H,24,25,30)(H,26,27,28). The van der Waals surface area contributed by atoms with Crippen molar-refractivity contribution in [3.05, 3.63) is 36.4 Å². The zero-order valence-electron chi connectivity index (χ0n) is 17.0.